The normalized spacial score (nSPS) is 10.6. The number of nitriles is 1. The maximum absolute atomic E-state index is 12.2. The fourth-order valence-electron chi connectivity index (χ4n) is 2.75. The molecule has 2 aromatic heterocycles. The van der Waals surface area contributed by atoms with Crippen molar-refractivity contribution >= 4 is 74.8 Å². The van der Waals surface area contributed by atoms with Gasteiger partial charge in [-0.1, -0.05) is 23.2 Å². The number of anilines is 1. The zero-order valence-corrected chi connectivity index (χ0v) is 20.3. The van der Waals surface area contributed by atoms with Crippen LogP contribution in [0.5, 0.6) is 0 Å². The summed E-state index contributed by atoms with van der Waals surface area (Å²) in [6.45, 7) is 1.63. The molecule has 11 heteroatoms. The number of furan rings is 1. The van der Waals surface area contributed by atoms with E-state index < -0.39 is 11.9 Å². The minimum absolute atomic E-state index is 0.0353. The van der Waals surface area contributed by atoms with E-state index in [9.17, 15) is 14.9 Å². The lowest BCUT2D eigenvalue weighted by Crippen LogP contribution is -2.32. The maximum atomic E-state index is 12.2. The Hall–Kier alpha value is -3.16. The van der Waals surface area contributed by atoms with Crippen molar-refractivity contribution < 1.29 is 18.7 Å². The van der Waals surface area contributed by atoms with Crippen molar-refractivity contribution in [3.8, 4) is 17.4 Å². The number of thiocarbonyl (C=S) groups is 1. The van der Waals surface area contributed by atoms with Crippen molar-refractivity contribution in [3.05, 3.63) is 68.2 Å². The highest BCUT2D eigenvalue weighted by atomic mass is 35.5. The predicted molar refractivity (Wildman–Crippen MR) is 133 cm³/mol. The van der Waals surface area contributed by atoms with E-state index in [0.717, 1.165) is 11.3 Å². The summed E-state index contributed by atoms with van der Waals surface area (Å²) in [5, 5.41) is 15.9. The first-order valence-electron chi connectivity index (χ1n) is 9.20. The van der Waals surface area contributed by atoms with E-state index in [2.05, 4.69) is 10.6 Å². The van der Waals surface area contributed by atoms with Crippen LogP contribution in [0.3, 0.4) is 0 Å². The molecular weight excluding hydrogens is 505 g/mol. The van der Waals surface area contributed by atoms with Crippen LogP contribution in [0, 0.1) is 18.3 Å². The molecule has 0 saturated carbocycles. The third-order valence-corrected chi connectivity index (χ3v) is 6.25. The lowest BCUT2D eigenvalue weighted by Gasteiger charge is -2.06. The van der Waals surface area contributed by atoms with Crippen molar-refractivity contribution in [1.29, 1.82) is 5.26 Å². The molecule has 0 saturated heterocycles. The van der Waals surface area contributed by atoms with Crippen LogP contribution in [-0.4, -0.2) is 24.1 Å². The lowest BCUT2D eigenvalue weighted by molar-refractivity contribution is -0.115. The number of hydrogen-bond acceptors (Lipinski definition) is 7. The molecule has 0 aliphatic carbocycles. The standard InChI is InChI=1S/C22H15Cl2N3O4S2/c1-11-15(10-25)20(33-19(11)21(29)30-2)27-22(32)26-18(28)8-5-13-4-7-17(31-13)14-6-3-12(23)9-16(14)24/h3-9H,1-2H3,(H2,26,27,28,32)/b8-5+. The highest BCUT2D eigenvalue weighted by Gasteiger charge is 2.21. The van der Waals surface area contributed by atoms with Crippen molar-refractivity contribution in [2.24, 2.45) is 0 Å². The molecule has 0 atom stereocenters. The number of nitrogens with zero attached hydrogens (tertiary/aromatic N) is 1. The van der Waals surface area contributed by atoms with Gasteiger partial charge in [0.1, 0.15) is 27.5 Å². The van der Waals surface area contributed by atoms with Gasteiger partial charge in [-0.05, 0) is 61.1 Å². The molecule has 3 rings (SSSR count). The minimum Gasteiger partial charge on any atom is -0.465 e. The van der Waals surface area contributed by atoms with Gasteiger partial charge in [0.15, 0.2) is 5.11 Å². The minimum atomic E-state index is -0.558. The molecule has 168 valence electrons. The highest BCUT2D eigenvalue weighted by Crippen LogP contribution is 2.33. The van der Waals surface area contributed by atoms with E-state index in [1.807, 2.05) is 6.07 Å². The third kappa shape index (κ3) is 5.80. The molecule has 0 aliphatic rings. The number of amides is 1. The van der Waals surface area contributed by atoms with Crippen molar-refractivity contribution in [1.82, 2.24) is 5.32 Å². The number of esters is 1. The first-order valence-corrected chi connectivity index (χ1v) is 11.2. The van der Waals surface area contributed by atoms with Gasteiger partial charge in [0.05, 0.1) is 17.7 Å². The number of ether oxygens (including phenoxy) is 1. The molecule has 7 nitrogen and oxygen atoms in total. The van der Waals surface area contributed by atoms with Gasteiger partial charge in [-0.15, -0.1) is 11.3 Å². The van der Waals surface area contributed by atoms with Crippen molar-refractivity contribution in [2.75, 3.05) is 12.4 Å². The van der Waals surface area contributed by atoms with Crippen molar-refractivity contribution in [3.63, 3.8) is 0 Å². The summed E-state index contributed by atoms with van der Waals surface area (Å²) in [6.07, 6.45) is 2.71. The summed E-state index contributed by atoms with van der Waals surface area (Å²) >= 11 is 18.3. The average molecular weight is 520 g/mol. The lowest BCUT2D eigenvalue weighted by atomic mass is 10.2. The number of carbonyl (C=O) groups excluding carboxylic acids is 2. The smallest absolute Gasteiger partial charge is 0.348 e. The fraction of sp³-hybridized carbons (Fsp3) is 0.0909. The molecule has 0 spiro atoms. The molecule has 0 aliphatic heterocycles. The average Bonchev–Trinajstić information content (AvgIpc) is 3.35. The Morgan fingerprint density at radius 2 is 2.03 bits per heavy atom. The topological polar surface area (TPSA) is 104 Å². The van der Waals surface area contributed by atoms with Crippen molar-refractivity contribution in [2.45, 2.75) is 6.92 Å². The van der Waals surface area contributed by atoms with Gasteiger partial charge >= 0.3 is 5.97 Å². The van der Waals surface area contributed by atoms with E-state index >= 15 is 0 Å². The zero-order chi connectivity index (χ0) is 24.1. The second kappa shape index (κ2) is 10.6. The summed E-state index contributed by atoms with van der Waals surface area (Å²) in [5.41, 5.74) is 1.39. The Labute approximate surface area is 208 Å². The molecule has 2 N–H and O–H groups in total. The Kier molecular flexibility index (Phi) is 7.89. The number of nitrogens with one attached hydrogen (secondary N) is 2. The second-order valence-corrected chi connectivity index (χ2v) is 8.74. The number of hydrogen-bond donors (Lipinski definition) is 2. The van der Waals surface area contributed by atoms with Gasteiger partial charge < -0.3 is 14.5 Å². The molecule has 2 heterocycles. The van der Waals surface area contributed by atoms with Gasteiger partial charge in [0.25, 0.3) is 0 Å². The molecule has 0 fully saturated rings. The highest BCUT2D eigenvalue weighted by molar-refractivity contribution is 7.80. The van der Waals surface area contributed by atoms with Gasteiger partial charge in [0, 0.05) is 16.7 Å². The summed E-state index contributed by atoms with van der Waals surface area (Å²) < 4.78 is 10.4. The number of thiophene rings is 1. The van der Waals surface area contributed by atoms with Crippen LogP contribution in [0.2, 0.25) is 10.0 Å². The Balaban J connectivity index is 1.65. The monoisotopic (exact) mass is 519 g/mol. The number of carbonyl (C=O) groups is 2. The van der Waals surface area contributed by atoms with Gasteiger partial charge in [-0.25, -0.2) is 4.79 Å². The van der Waals surface area contributed by atoms with E-state index in [1.165, 1.54) is 19.3 Å². The van der Waals surface area contributed by atoms with Crippen LogP contribution in [0.1, 0.15) is 26.6 Å². The van der Waals surface area contributed by atoms with Crippen LogP contribution < -0.4 is 10.6 Å². The number of methoxy groups -OCH3 is 1. The molecule has 0 unspecified atom stereocenters. The Morgan fingerprint density at radius 1 is 1.27 bits per heavy atom. The summed E-state index contributed by atoms with van der Waals surface area (Å²) in [4.78, 5) is 24.3. The van der Waals surface area contributed by atoms with Crippen LogP contribution in [0.4, 0.5) is 5.00 Å². The Morgan fingerprint density at radius 3 is 2.70 bits per heavy atom. The first kappa shape index (κ1) is 24.5. The predicted octanol–water partition coefficient (Wildman–Crippen LogP) is 5.81. The Bertz CT molecular complexity index is 1320. The third-order valence-electron chi connectivity index (χ3n) is 4.32. The first-order chi connectivity index (χ1) is 15.7. The van der Waals surface area contributed by atoms with Crippen LogP contribution in [0.25, 0.3) is 17.4 Å². The molecule has 0 radical (unpaired) electrons. The summed E-state index contributed by atoms with van der Waals surface area (Å²) in [6, 6.07) is 10.5. The zero-order valence-electron chi connectivity index (χ0n) is 17.2. The number of halogens is 2. The van der Waals surface area contributed by atoms with E-state index in [4.69, 9.17) is 44.6 Å². The van der Waals surface area contributed by atoms with Gasteiger partial charge in [-0.2, -0.15) is 5.26 Å². The van der Waals surface area contributed by atoms with Crippen LogP contribution >= 0.6 is 46.8 Å². The largest absolute Gasteiger partial charge is 0.465 e. The molecule has 1 aromatic carbocycles. The molecular formula is C22H15Cl2N3O4S2. The van der Waals surface area contributed by atoms with Gasteiger partial charge in [-0.3, -0.25) is 10.1 Å². The molecule has 33 heavy (non-hydrogen) atoms. The summed E-state index contributed by atoms with van der Waals surface area (Å²) in [7, 11) is 1.25. The van der Waals surface area contributed by atoms with Crippen LogP contribution in [0.15, 0.2) is 40.8 Å². The van der Waals surface area contributed by atoms with E-state index in [0.29, 0.717) is 37.7 Å². The number of rotatable bonds is 5. The van der Waals surface area contributed by atoms with Crippen LogP contribution in [-0.2, 0) is 9.53 Å². The number of benzene rings is 1. The summed E-state index contributed by atoms with van der Waals surface area (Å²) in [5.74, 6) is -0.131. The maximum Gasteiger partial charge on any atom is 0.348 e. The SMILES string of the molecule is COC(=O)c1sc(NC(=S)NC(=O)/C=C/c2ccc(-c3ccc(Cl)cc3Cl)o2)c(C#N)c1C. The second-order valence-electron chi connectivity index (χ2n) is 6.47. The fourth-order valence-corrected chi connectivity index (χ4v) is 4.59. The van der Waals surface area contributed by atoms with Gasteiger partial charge in [0.2, 0.25) is 5.91 Å². The van der Waals surface area contributed by atoms with E-state index in [1.54, 1.807) is 37.3 Å². The molecule has 0 bridgehead atoms. The molecule has 1 amide bonds. The quantitative estimate of drug-likeness (QED) is 0.249. The van der Waals surface area contributed by atoms with E-state index in [-0.39, 0.29) is 15.6 Å². The molecule has 3 aromatic rings.